The first-order valence-corrected chi connectivity index (χ1v) is 8.62. The molecular weight excluding hydrogens is 344 g/mol. The first kappa shape index (κ1) is 18.5. The van der Waals surface area contributed by atoms with Crippen molar-refractivity contribution >= 4 is 23.6 Å². The standard InChI is InChI=1S/C21H20N2O4/c1-27-20-8-4-16(5-9-20)13-18-14-22-11-10-17(21(18)24)12-15-2-6-19(7-3-15)23(25)26/h2-9,12-13,22H,10-11,14H2,1H3. The molecule has 0 radical (unpaired) electrons. The van der Waals surface area contributed by atoms with E-state index in [4.69, 9.17) is 4.74 Å². The second kappa shape index (κ2) is 8.42. The molecule has 0 aromatic heterocycles. The zero-order valence-electron chi connectivity index (χ0n) is 15.0. The summed E-state index contributed by atoms with van der Waals surface area (Å²) in [4.78, 5) is 23.3. The van der Waals surface area contributed by atoms with E-state index >= 15 is 0 Å². The molecule has 0 spiro atoms. The largest absolute Gasteiger partial charge is 0.497 e. The van der Waals surface area contributed by atoms with Crippen molar-refractivity contribution in [3.05, 3.63) is 80.9 Å². The Morgan fingerprint density at radius 2 is 1.59 bits per heavy atom. The fourth-order valence-corrected chi connectivity index (χ4v) is 2.90. The number of nitro groups is 1. The molecule has 2 aromatic carbocycles. The maximum absolute atomic E-state index is 12.9. The minimum Gasteiger partial charge on any atom is -0.497 e. The van der Waals surface area contributed by atoms with Gasteiger partial charge in [0.25, 0.3) is 5.69 Å². The van der Waals surface area contributed by atoms with Gasteiger partial charge >= 0.3 is 0 Å². The second-order valence-corrected chi connectivity index (χ2v) is 6.22. The zero-order chi connectivity index (χ0) is 19.2. The van der Waals surface area contributed by atoms with Crippen LogP contribution in [0.5, 0.6) is 5.75 Å². The third-order valence-electron chi connectivity index (χ3n) is 4.37. The van der Waals surface area contributed by atoms with Gasteiger partial charge in [-0.05, 0) is 60.5 Å². The van der Waals surface area contributed by atoms with Gasteiger partial charge in [-0.2, -0.15) is 0 Å². The normalized spacial score (nSPS) is 17.7. The van der Waals surface area contributed by atoms with E-state index in [2.05, 4.69) is 5.32 Å². The summed E-state index contributed by atoms with van der Waals surface area (Å²) in [5, 5.41) is 14.0. The predicted molar refractivity (Wildman–Crippen MR) is 105 cm³/mol. The molecule has 1 saturated heterocycles. The molecule has 0 aliphatic carbocycles. The SMILES string of the molecule is COc1ccc(C=C2CNCCC(=Cc3ccc([N+](=O)[O-])cc3)C2=O)cc1. The minimum absolute atomic E-state index is 0.00540. The summed E-state index contributed by atoms with van der Waals surface area (Å²) in [5.41, 5.74) is 3.11. The first-order chi connectivity index (χ1) is 13.1. The Morgan fingerprint density at radius 1 is 1.00 bits per heavy atom. The Balaban J connectivity index is 1.86. The number of carbonyl (C=O) groups is 1. The summed E-state index contributed by atoms with van der Waals surface area (Å²) >= 11 is 0. The number of Topliss-reactive ketones (excluding diaryl/α,β-unsaturated/α-hetero) is 1. The fourth-order valence-electron chi connectivity index (χ4n) is 2.90. The number of non-ortho nitro benzene ring substituents is 1. The highest BCUT2D eigenvalue weighted by Crippen LogP contribution is 2.21. The Morgan fingerprint density at radius 3 is 2.19 bits per heavy atom. The van der Waals surface area contributed by atoms with Gasteiger partial charge in [0.05, 0.1) is 12.0 Å². The smallest absolute Gasteiger partial charge is 0.269 e. The number of ether oxygens (including phenoxy) is 1. The average molecular weight is 364 g/mol. The van der Waals surface area contributed by atoms with Gasteiger partial charge < -0.3 is 10.1 Å². The topological polar surface area (TPSA) is 81.5 Å². The zero-order valence-corrected chi connectivity index (χ0v) is 15.0. The number of ketones is 1. The summed E-state index contributed by atoms with van der Waals surface area (Å²) in [6.07, 6.45) is 4.29. The van der Waals surface area contributed by atoms with E-state index < -0.39 is 4.92 Å². The summed E-state index contributed by atoms with van der Waals surface area (Å²) < 4.78 is 5.16. The monoisotopic (exact) mass is 364 g/mol. The molecule has 1 heterocycles. The summed E-state index contributed by atoms with van der Waals surface area (Å²) in [6.45, 7) is 1.20. The molecule has 6 nitrogen and oxygen atoms in total. The van der Waals surface area contributed by atoms with Crippen LogP contribution in [0.4, 0.5) is 5.69 Å². The molecule has 1 N–H and O–H groups in total. The Hall–Kier alpha value is -3.25. The molecule has 27 heavy (non-hydrogen) atoms. The highest BCUT2D eigenvalue weighted by atomic mass is 16.6. The average Bonchev–Trinajstić information content (AvgIpc) is 2.85. The van der Waals surface area contributed by atoms with Crippen LogP contribution in [0.1, 0.15) is 17.5 Å². The van der Waals surface area contributed by atoms with Gasteiger partial charge in [0.15, 0.2) is 5.78 Å². The van der Waals surface area contributed by atoms with Crippen molar-refractivity contribution in [3.63, 3.8) is 0 Å². The van der Waals surface area contributed by atoms with Crippen LogP contribution >= 0.6 is 0 Å². The molecule has 138 valence electrons. The predicted octanol–water partition coefficient (Wildman–Crippen LogP) is 3.63. The van der Waals surface area contributed by atoms with Crippen molar-refractivity contribution < 1.29 is 14.5 Å². The second-order valence-electron chi connectivity index (χ2n) is 6.22. The number of rotatable bonds is 4. The van der Waals surface area contributed by atoms with Crippen LogP contribution in [0.25, 0.3) is 12.2 Å². The molecular formula is C21H20N2O4. The van der Waals surface area contributed by atoms with E-state index in [1.165, 1.54) is 12.1 Å². The molecule has 1 aliphatic rings. The number of hydrogen-bond donors (Lipinski definition) is 1. The number of carbonyl (C=O) groups excluding carboxylic acids is 1. The van der Waals surface area contributed by atoms with Gasteiger partial charge in [0, 0.05) is 29.8 Å². The van der Waals surface area contributed by atoms with Crippen LogP contribution in [0.15, 0.2) is 59.7 Å². The molecule has 0 unspecified atom stereocenters. The molecule has 0 atom stereocenters. The fraction of sp³-hybridized carbons (Fsp3) is 0.190. The van der Waals surface area contributed by atoms with Crippen molar-refractivity contribution in [1.82, 2.24) is 5.32 Å². The van der Waals surface area contributed by atoms with Crippen molar-refractivity contribution in [2.45, 2.75) is 6.42 Å². The van der Waals surface area contributed by atoms with E-state index in [1.807, 2.05) is 30.3 Å². The Kier molecular flexibility index (Phi) is 5.78. The highest BCUT2D eigenvalue weighted by molar-refractivity contribution is 6.13. The first-order valence-electron chi connectivity index (χ1n) is 8.62. The van der Waals surface area contributed by atoms with Crippen LogP contribution in [0.3, 0.4) is 0 Å². The number of methoxy groups -OCH3 is 1. The quantitative estimate of drug-likeness (QED) is 0.509. The molecule has 6 heteroatoms. The number of nitro benzene ring substituents is 1. The molecule has 1 aliphatic heterocycles. The van der Waals surface area contributed by atoms with Crippen LogP contribution in [0.2, 0.25) is 0 Å². The van der Waals surface area contributed by atoms with Gasteiger partial charge in [-0.25, -0.2) is 0 Å². The van der Waals surface area contributed by atoms with Crippen molar-refractivity contribution in [2.24, 2.45) is 0 Å². The molecule has 3 rings (SSSR count). The van der Waals surface area contributed by atoms with Gasteiger partial charge in [0.1, 0.15) is 5.75 Å². The van der Waals surface area contributed by atoms with Crippen LogP contribution in [-0.2, 0) is 4.79 Å². The van der Waals surface area contributed by atoms with Crippen LogP contribution in [0, 0.1) is 10.1 Å². The lowest BCUT2D eigenvalue weighted by Crippen LogP contribution is -2.16. The van der Waals surface area contributed by atoms with Crippen molar-refractivity contribution in [1.29, 1.82) is 0 Å². The van der Waals surface area contributed by atoms with Gasteiger partial charge in [0.2, 0.25) is 0 Å². The maximum Gasteiger partial charge on any atom is 0.269 e. The van der Waals surface area contributed by atoms with Crippen LogP contribution < -0.4 is 10.1 Å². The summed E-state index contributed by atoms with van der Waals surface area (Å²) in [7, 11) is 1.61. The maximum atomic E-state index is 12.9. The van der Waals surface area contributed by atoms with Gasteiger partial charge in [-0.15, -0.1) is 0 Å². The lowest BCUT2D eigenvalue weighted by molar-refractivity contribution is -0.384. The van der Waals surface area contributed by atoms with Gasteiger partial charge in [-0.3, -0.25) is 14.9 Å². The van der Waals surface area contributed by atoms with E-state index in [-0.39, 0.29) is 11.5 Å². The Bertz CT molecular complexity index is 897. The lowest BCUT2D eigenvalue weighted by Gasteiger charge is -2.06. The number of nitrogens with one attached hydrogen (secondary N) is 1. The van der Waals surface area contributed by atoms with E-state index in [9.17, 15) is 14.9 Å². The molecule has 1 fully saturated rings. The number of benzene rings is 2. The molecule has 0 bridgehead atoms. The van der Waals surface area contributed by atoms with Crippen molar-refractivity contribution in [3.8, 4) is 5.75 Å². The third kappa shape index (κ3) is 4.68. The molecule has 0 saturated carbocycles. The third-order valence-corrected chi connectivity index (χ3v) is 4.37. The van der Waals surface area contributed by atoms with Gasteiger partial charge in [-0.1, -0.05) is 12.1 Å². The summed E-state index contributed by atoms with van der Waals surface area (Å²) in [5.74, 6) is 0.760. The summed E-state index contributed by atoms with van der Waals surface area (Å²) in [6, 6.07) is 13.7. The molecule has 0 amide bonds. The van der Waals surface area contributed by atoms with Crippen molar-refractivity contribution in [2.75, 3.05) is 20.2 Å². The highest BCUT2D eigenvalue weighted by Gasteiger charge is 2.18. The number of nitrogens with zero attached hydrogens (tertiary/aromatic N) is 1. The van der Waals surface area contributed by atoms with E-state index in [0.717, 1.165) is 16.9 Å². The molecule has 2 aromatic rings. The number of hydrogen-bond acceptors (Lipinski definition) is 5. The van der Waals surface area contributed by atoms with E-state index in [0.29, 0.717) is 30.7 Å². The lowest BCUT2D eigenvalue weighted by atomic mass is 9.98. The van der Waals surface area contributed by atoms with Crippen LogP contribution in [-0.4, -0.2) is 30.9 Å². The minimum atomic E-state index is -0.437. The van der Waals surface area contributed by atoms with E-state index in [1.54, 1.807) is 25.3 Å². The Labute approximate surface area is 157 Å².